The predicted molar refractivity (Wildman–Crippen MR) is 75.9 cm³/mol. The van der Waals surface area contributed by atoms with E-state index in [1.165, 1.54) is 17.3 Å². The Hall–Kier alpha value is -1.32. The zero-order valence-electron chi connectivity index (χ0n) is 10.2. The Morgan fingerprint density at radius 3 is 2.78 bits per heavy atom. The van der Waals surface area contributed by atoms with Crippen LogP contribution in [0.1, 0.15) is 18.1 Å². The molecular formula is C13H13Cl2N3. The van der Waals surface area contributed by atoms with Crippen LogP contribution in [0.2, 0.25) is 10.3 Å². The maximum atomic E-state index is 6.00. The third-order valence-electron chi connectivity index (χ3n) is 2.71. The number of nitrogens with zero attached hydrogens (tertiary/aromatic N) is 2. The standard InChI is InChI=1S/C13H13Cl2N3/c1-3-9-6-10(5-4-8(9)2)17-12-11(14)7-16-13(15)18-12/h4-7H,3H2,1-2H3,(H,16,17,18). The first-order valence-corrected chi connectivity index (χ1v) is 6.40. The van der Waals surface area contributed by atoms with E-state index in [4.69, 9.17) is 23.2 Å². The number of rotatable bonds is 3. The van der Waals surface area contributed by atoms with Gasteiger partial charge in [-0.15, -0.1) is 0 Å². The van der Waals surface area contributed by atoms with Crippen molar-refractivity contribution in [2.45, 2.75) is 20.3 Å². The maximum Gasteiger partial charge on any atom is 0.224 e. The summed E-state index contributed by atoms with van der Waals surface area (Å²) in [4.78, 5) is 7.87. The zero-order valence-corrected chi connectivity index (χ0v) is 11.7. The summed E-state index contributed by atoms with van der Waals surface area (Å²) in [7, 11) is 0. The largest absolute Gasteiger partial charge is 0.339 e. The van der Waals surface area contributed by atoms with Crippen molar-refractivity contribution < 1.29 is 0 Å². The van der Waals surface area contributed by atoms with Crippen molar-refractivity contribution in [3.05, 3.63) is 45.8 Å². The molecule has 2 aromatic rings. The predicted octanol–water partition coefficient (Wildman–Crippen LogP) is 4.40. The molecule has 0 radical (unpaired) electrons. The molecule has 1 N–H and O–H groups in total. The van der Waals surface area contributed by atoms with E-state index in [-0.39, 0.29) is 5.28 Å². The van der Waals surface area contributed by atoms with Gasteiger partial charge in [0.25, 0.3) is 0 Å². The van der Waals surface area contributed by atoms with Crippen molar-refractivity contribution in [3.63, 3.8) is 0 Å². The van der Waals surface area contributed by atoms with Gasteiger partial charge in [0.1, 0.15) is 5.02 Å². The highest BCUT2D eigenvalue weighted by molar-refractivity contribution is 6.33. The van der Waals surface area contributed by atoms with E-state index in [9.17, 15) is 0 Å². The van der Waals surface area contributed by atoms with Gasteiger partial charge in [-0.2, -0.15) is 4.98 Å². The monoisotopic (exact) mass is 281 g/mol. The van der Waals surface area contributed by atoms with Crippen LogP contribution in [0.5, 0.6) is 0 Å². The van der Waals surface area contributed by atoms with Crippen molar-refractivity contribution >= 4 is 34.7 Å². The number of anilines is 2. The quantitative estimate of drug-likeness (QED) is 0.848. The summed E-state index contributed by atoms with van der Waals surface area (Å²) in [5.74, 6) is 0.516. The summed E-state index contributed by atoms with van der Waals surface area (Å²) in [6, 6.07) is 6.14. The zero-order chi connectivity index (χ0) is 13.1. The van der Waals surface area contributed by atoms with Gasteiger partial charge >= 0.3 is 0 Å². The average molecular weight is 282 g/mol. The van der Waals surface area contributed by atoms with Crippen LogP contribution in [-0.2, 0) is 6.42 Å². The molecule has 0 unspecified atom stereocenters. The third kappa shape index (κ3) is 2.92. The Bertz CT molecular complexity index is 570. The first kappa shape index (κ1) is 13.1. The van der Waals surface area contributed by atoms with Crippen LogP contribution in [0.15, 0.2) is 24.4 Å². The molecule has 94 valence electrons. The number of nitrogens with one attached hydrogen (secondary N) is 1. The van der Waals surface area contributed by atoms with E-state index in [1.807, 2.05) is 6.07 Å². The molecule has 0 aliphatic rings. The lowest BCUT2D eigenvalue weighted by atomic mass is 10.1. The van der Waals surface area contributed by atoms with Crippen LogP contribution in [0.3, 0.4) is 0 Å². The Balaban J connectivity index is 2.31. The normalized spacial score (nSPS) is 10.4. The lowest BCUT2D eigenvalue weighted by molar-refractivity contribution is 1.11. The molecule has 5 heteroatoms. The molecule has 1 aromatic heterocycles. The van der Waals surface area contributed by atoms with Crippen LogP contribution in [-0.4, -0.2) is 9.97 Å². The highest BCUT2D eigenvalue weighted by Gasteiger charge is 2.05. The van der Waals surface area contributed by atoms with Gasteiger partial charge in [-0.05, 0) is 48.2 Å². The van der Waals surface area contributed by atoms with Crippen molar-refractivity contribution in [2.24, 2.45) is 0 Å². The number of hydrogen-bond acceptors (Lipinski definition) is 3. The maximum absolute atomic E-state index is 6.00. The summed E-state index contributed by atoms with van der Waals surface area (Å²) in [5, 5.41) is 3.76. The van der Waals surface area contributed by atoms with E-state index >= 15 is 0 Å². The molecule has 0 fully saturated rings. The average Bonchev–Trinajstić information content (AvgIpc) is 2.36. The smallest absolute Gasteiger partial charge is 0.224 e. The van der Waals surface area contributed by atoms with Crippen LogP contribution in [0, 0.1) is 6.92 Å². The fourth-order valence-electron chi connectivity index (χ4n) is 1.70. The Kier molecular flexibility index (Phi) is 4.04. The van der Waals surface area contributed by atoms with Gasteiger partial charge in [-0.25, -0.2) is 4.98 Å². The minimum Gasteiger partial charge on any atom is -0.339 e. The van der Waals surface area contributed by atoms with Crippen molar-refractivity contribution in [1.82, 2.24) is 9.97 Å². The Labute approximate surface area is 116 Å². The first-order valence-electron chi connectivity index (χ1n) is 5.64. The first-order chi connectivity index (χ1) is 8.60. The van der Waals surface area contributed by atoms with Crippen molar-refractivity contribution in [3.8, 4) is 0 Å². The van der Waals surface area contributed by atoms with E-state index < -0.39 is 0 Å². The number of aromatic nitrogens is 2. The van der Waals surface area contributed by atoms with Gasteiger partial charge in [0.2, 0.25) is 5.28 Å². The molecule has 0 amide bonds. The van der Waals surface area contributed by atoms with Gasteiger partial charge < -0.3 is 5.32 Å². The topological polar surface area (TPSA) is 37.8 Å². The van der Waals surface area contributed by atoms with Gasteiger partial charge in [0.15, 0.2) is 5.82 Å². The molecular weight excluding hydrogens is 269 g/mol. The van der Waals surface area contributed by atoms with Gasteiger partial charge in [0, 0.05) is 5.69 Å². The summed E-state index contributed by atoms with van der Waals surface area (Å²) in [5.41, 5.74) is 3.50. The SMILES string of the molecule is CCc1cc(Nc2nc(Cl)ncc2Cl)ccc1C. The van der Waals surface area contributed by atoms with Crippen LogP contribution < -0.4 is 5.32 Å². The number of aryl methyl sites for hydroxylation is 2. The minimum absolute atomic E-state index is 0.171. The summed E-state index contributed by atoms with van der Waals surface area (Å²) in [6.07, 6.45) is 2.47. The van der Waals surface area contributed by atoms with Crippen molar-refractivity contribution in [1.29, 1.82) is 0 Å². The number of hydrogen-bond donors (Lipinski definition) is 1. The molecule has 2 rings (SSSR count). The second-order valence-corrected chi connectivity index (χ2v) is 4.70. The van der Waals surface area contributed by atoms with Crippen molar-refractivity contribution in [2.75, 3.05) is 5.32 Å². The summed E-state index contributed by atoms with van der Waals surface area (Å²) < 4.78 is 0. The molecule has 1 heterocycles. The highest BCUT2D eigenvalue weighted by atomic mass is 35.5. The fraction of sp³-hybridized carbons (Fsp3) is 0.231. The van der Waals surface area contributed by atoms with E-state index in [2.05, 4.69) is 41.3 Å². The molecule has 0 aliphatic heterocycles. The van der Waals surface area contributed by atoms with Gasteiger partial charge in [-0.3, -0.25) is 0 Å². The molecule has 1 aromatic carbocycles. The number of benzene rings is 1. The molecule has 0 saturated carbocycles. The lowest BCUT2D eigenvalue weighted by Crippen LogP contribution is -1.97. The van der Waals surface area contributed by atoms with E-state index in [0.29, 0.717) is 10.8 Å². The van der Waals surface area contributed by atoms with Crippen LogP contribution in [0.4, 0.5) is 11.5 Å². The van der Waals surface area contributed by atoms with Crippen LogP contribution in [0.25, 0.3) is 0 Å². The molecule has 18 heavy (non-hydrogen) atoms. The second-order valence-electron chi connectivity index (χ2n) is 3.96. The highest BCUT2D eigenvalue weighted by Crippen LogP contribution is 2.25. The van der Waals surface area contributed by atoms with E-state index in [1.54, 1.807) is 0 Å². The molecule has 0 atom stereocenters. The minimum atomic E-state index is 0.171. The van der Waals surface area contributed by atoms with Gasteiger partial charge in [-0.1, -0.05) is 24.6 Å². The number of halogens is 2. The van der Waals surface area contributed by atoms with Crippen LogP contribution >= 0.6 is 23.2 Å². The Morgan fingerprint density at radius 2 is 2.06 bits per heavy atom. The lowest BCUT2D eigenvalue weighted by Gasteiger charge is -2.10. The molecule has 3 nitrogen and oxygen atoms in total. The van der Waals surface area contributed by atoms with Gasteiger partial charge in [0.05, 0.1) is 6.20 Å². The molecule has 0 aliphatic carbocycles. The summed E-state index contributed by atoms with van der Waals surface area (Å²) in [6.45, 7) is 4.22. The third-order valence-corrected chi connectivity index (χ3v) is 3.17. The molecule has 0 bridgehead atoms. The second kappa shape index (κ2) is 5.55. The molecule has 0 saturated heterocycles. The van der Waals surface area contributed by atoms with E-state index in [0.717, 1.165) is 12.1 Å². The molecule has 0 spiro atoms. The fourth-order valence-corrected chi connectivity index (χ4v) is 1.97. The Morgan fingerprint density at radius 1 is 1.28 bits per heavy atom. The summed E-state index contributed by atoms with van der Waals surface area (Å²) >= 11 is 11.8.